The lowest BCUT2D eigenvalue weighted by Crippen LogP contribution is -2.31. The second-order valence-corrected chi connectivity index (χ2v) is 7.54. The Kier molecular flexibility index (Phi) is 7.81. The normalized spacial score (nSPS) is 11.7. The third-order valence-corrected chi connectivity index (χ3v) is 5.15. The Balaban J connectivity index is 1.88. The molecule has 0 fully saturated rings. The molecule has 3 aromatic rings. The number of hydrogen-bond acceptors (Lipinski definition) is 3. The van der Waals surface area contributed by atoms with Gasteiger partial charge in [-0.05, 0) is 54.0 Å². The number of amides is 2. The zero-order valence-electron chi connectivity index (χ0n) is 18.6. The minimum Gasteiger partial charge on any atom is -0.497 e. The highest BCUT2D eigenvalue weighted by Crippen LogP contribution is 2.26. The summed E-state index contributed by atoms with van der Waals surface area (Å²) in [5.74, 6) is 0.506. The Morgan fingerprint density at radius 3 is 2.47 bits per heavy atom. The molecule has 3 aromatic carbocycles. The van der Waals surface area contributed by atoms with E-state index in [1.165, 1.54) is 6.92 Å². The van der Waals surface area contributed by atoms with Gasteiger partial charge in [0, 0.05) is 25.2 Å². The Labute approximate surface area is 189 Å². The van der Waals surface area contributed by atoms with Crippen LogP contribution in [-0.2, 0) is 16.1 Å². The Morgan fingerprint density at radius 1 is 1.00 bits per heavy atom. The van der Waals surface area contributed by atoms with Gasteiger partial charge in [0.15, 0.2) is 0 Å². The van der Waals surface area contributed by atoms with E-state index >= 15 is 0 Å². The standard InChI is InChI=1S/C27H28N2O3/c1-20(24-12-8-13-25(18-24)28-21(2)30)29(19-23-9-5-4-6-10-23)27(31)16-15-22-11-7-14-26(17-22)32-3/h4-18,20H,19H2,1-3H3,(H,28,30)/b16-15+. The molecule has 0 aliphatic rings. The van der Waals surface area contributed by atoms with E-state index in [1.54, 1.807) is 19.3 Å². The molecule has 5 heteroatoms. The second kappa shape index (κ2) is 11.0. The second-order valence-electron chi connectivity index (χ2n) is 7.54. The van der Waals surface area contributed by atoms with Crippen LogP contribution in [0.25, 0.3) is 6.08 Å². The van der Waals surface area contributed by atoms with Gasteiger partial charge in [-0.15, -0.1) is 0 Å². The number of ether oxygens (including phenoxy) is 1. The van der Waals surface area contributed by atoms with Gasteiger partial charge in [0.05, 0.1) is 13.2 Å². The van der Waals surface area contributed by atoms with E-state index in [1.807, 2.05) is 90.7 Å². The van der Waals surface area contributed by atoms with Crippen molar-refractivity contribution in [3.63, 3.8) is 0 Å². The third kappa shape index (κ3) is 6.32. The molecule has 1 atom stereocenters. The molecule has 1 N–H and O–H groups in total. The maximum atomic E-state index is 13.3. The van der Waals surface area contributed by atoms with E-state index in [0.717, 1.165) is 22.4 Å². The van der Waals surface area contributed by atoms with E-state index in [2.05, 4.69) is 5.32 Å². The van der Waals surface area contributed by atoms with E-state index < -0.39 is 0 Å². The molecule has 0 aliphatic heterocycles. The average molecular weight is 429 g/mol. The molecule has 1 unspecified atom stereocenters. The molecule has 0 radical (unpaired) electrons. The quantitative estimate of drug-likeness (QED) is 0.485. The molecule has 0 aromatic heterocycles. The van der Waals surface area contributed by atoms with Gasteiger partial charge in [-0.1, -0.05) is 54.6 Å². The van der Waals surface area contributed by atoms with Gasteiger partial charge < -0.3 is 15.0 Å². The monoisotopic (exact) mass is 428 g/mol. The number of hydrogen-bond donors (Lipinski definition) is 1. The van der Waals surface area contributed by atoms with Crippen LogP contribution in [0.15, 0.2) is 84.9 Å². The SMILES string of the molecule is COc1cccc(/C=C/C(=O)N(Cc2ccccc2)C(C)c2cccc(NC(C)=O)c2)c1. The highest BCUT2D eigenvalue weighted by Gasteiger charge is 2.20. The zero-order chi connectivity index (χ0) is 22.9. The van der Waals surface area contributed by atoms with Crippen LogP contribution in [0.5, 0.6) is 5.75 Å². The summed E-state index contributed by atoms with van der Waals surface area (Å²) in [4.78, 5) is 26.6. The van der Waals surface area contributed by atoms with Gasteiger partial charge in [-0.25, -0.2) is 0 Å². The van der Waals surface area contributed by atoms with E-state index in [4.69, 9.17) is 4.74 Å². The van der Waals surface area contributed by atoms with Crippen LogP contribution in [0, 0.1) is 0 Å². The molecule has 0 saturated carbocycles. The van der Waals surface area contributed by atoms with Gasteiger partial charge in [-0.3, -0.25) is 9.59 Å². The molecule has 0 spiro atoms. The summed E-state index contributed by atoms with van der Waals surface area (Å²) in [5.41, 5.74) is 3.58. The third-order valence-electron chi connectivity index (χ3n) is 5.15. The Bertz CT molecular complexity index is 1090. The van der Waals surface area contributed by atoms with Crippen molar-refractivity contribution in [2.24, 2.45) is 0 Å². The fourth-order valence-corrected chi connectivity index (χ4v) is 3.45. The van der Waals surface area contributed by atoms with Crippen molar-refractivity contribution < 1.29 is 14.3 Å². The Morgan fingerprint density at radius 2 is 1.75 bits per heavy atom. The highest BCUT2D eigenvalue weighted by molar-refractivity contribution is 5.92. The van der Waals surface area contributed by atoms with Crippen LogP contribution in [0.2, 0.25) is 0 Å². The first-order valence-electron chi connectivity index (χ1n) is 10.5. The number of nitrogens with zero attached hydrogens (tertiary/aromatic N) is 1. The van der Waals surface area contributed by atoms with Crippen LogP contribution in [0.4, 0.5) is 5.69 Å². The fraction of sp³-hybridized carbons (Fsp3) is 0.185. The summed E-state index contributed by atoms with van der Waals surface area (Å²) in [6.45, 7) is 3.94. The summed E-state index contributed by atoms with van der Waals surface area (Å²) in [6.07, 6.45) is 3.38. The summed E-state index contributed by atoms with van der Waals surface area (Å²) in [7, 11) is 1.62. The number of benzene rings is 3. The molecule has 5 nitrogen and oxygen atoms in total. The van der Waals surface area contributed by atoms with Gasteiger partial charge in [0.2, 0.25) is 11.8 Å². The van der Waals surface area contributed by atoms with Crippen molar-refractivity contribution in [1.82, 2.24) is 4.90 Å². The predicted octanol–water partition coefficient (Wildman–Crippen LogP) is 5.46. The summed E-state index contributed by atoms with van der Waals surface area (Å²) in [5, 5.41) is 2.81. The lowest BCUT2D eigenvalue weighted by atomic mass is 10.0. The molecular weight excluding hydrogens is 400 g/mol. The van der Waals surface area contributed by atoms with Crippen molar-refractivity contribution in [3.8, 4) is 5.75 Å². The molecule has 32 heavy (non-hydrogen) atoms. The van der Waals surface area contributed by atoms with E-state index in [-0.39, 0.29) is 17.9 Å². The van der Waals surface area contributed by atoms with E-state index in [9.17, 15) is 9.59 Å². The molecule has 0 bridgehead atoms. The highest BCUT2D eigenvalue weighted by atomic mass is 16.5. The number of carbonyl (C=O) groups is 2. The van der Waals surface area contributed by atoms with Crippen LogP contribution in [0.3, 0.4) is 0 Å². The van der Waals surface area contributed by atoms with Crippen molar-refractivity contribution in [2.75, 3.05) is 12.4 Å². The molecule has 2 amide bonds. The summed E-state index contributed by atoms with van der Waals surface area (Å²) < 4.78 is 5.26. The number of nitrogens with one attached hydrogen (secondary N) is 1. The first-order valence-corrected chi connectivity index (χ1v) is 10.5. The molecule has 0 heterocycles. The van der Waals surface area contributed by atoms with Crippen molar-refractivity contribution in [2.45, 2.75) is 26.4 Å². The lowest BCUT2D eigenvalue weighted by molar-refractivity contribution is -0.128. The molecular formula is C27H28N2O3. The topological polar surface area (TPSA) is 58.6 Å². The number of rotatable bonds is 8. The largest absolute Gasteiger partial charge is 0.497 e. The fourth-order valence-electron chi connectivity index (χ4n) is 3.45. The maximum absolute atomic E-state index is 13.3. The first-order chi connectivity index (χ1) is 15.5. The minimum absolute atomic E-state index is 0.103. The summed E-state index contributed by atoms with van der Waals surface area (Å²) >= 11 is 0. The minimum atomic E-state index is -0.202. The van der Waals surface area contributed by atoms with Gasteiger partial charge in [0.1, 0.15) is 5.75 Å². The average Bonchev–Trinajstić information content (AvgIpc) is 2.81. The number of methoxy groups -OCH3 is 1. The molecule has 164 valence electrons. The molecule has 3 rings (SSSR count). The Hall–Kier alpha value is -3.86. The molecule has 0 aliphatic carbocycles. The smallest absolute Gasteiger partial charge is 0.247 e. The number of carbonyl (C=O) groups excluding carboxylic acids is 2. The van der Waals surface area contributed by atoms with Gasteiger partial charge >= 0.3 is 0 Å². The number of anilines is 1. The first kappa shape index (κ1) is 22.8. The predicted molar refractivity (Wildman–Crippen MR) is 128 cm³/mol. The molecule has 0 saturated heterocycles. The van der Waals surface area contributed by atoms with Crippen molar-refractivity contribution >= 4 is 23.6 Å². The zero-order valence-corrected chi connectivity index (χ0v) is 18.6. The van der Waals surface area contributed by atoms with Crippen LogP contribution in [-0.4, -0.2) is 23.8 Å². The van der Waals surface area contributed by atoms with Crippen LogP contribution < -0.4 is 10.1 Å². The summed E-state index contributed by atoms with van der Waals surface area (Å²) in [6, 6.07) is 24.8. The van der Waals surface area contributed by atoms with Gasteiger partial charge in [-0.2, -0.15) is 0 Å². The van der Waals surface area contributed by atoms with Crippen LogP contribution in [0.1, 0.15) is 36.6 Å². The van der Waals surface area contributed by atoms with Crippen LogP contribution >= 0.6 is 0 Å². The van der Waals surface area contributed by atoms with Crippen molar-refractivity contribution in [3.05, 3.63) is 102 Å². The van der Waals surface area contributed by atoms with E-state index in [0.29, 0.717) is 12.2 Å². The van der Waals surface area contributed by atoms with Gasteiger partial charge in [0.25, 0.3) is 0 Å². The maximum Gasteiger partial charge on any atom is 0.247 e. The van der Waals surface area contributed by atoms with Crippen molar-refractivity contribution in [1.29, 1.82) is 0 Å². The lowest BCUT2D eigenvalue weighted by Gasteiger charge is -2.29.